The molecule has 110 valence electrons. The second-order valence-electron chi connectivity index (χ2n) is 4.92. The van der Waals surface area contributed by atoms with E-state index in [1.807, 2.05) is 13.1 Å². The second-order valence-corrected chi connectivity index (χ2v) is 6.07. The molecule has 20 heavy (non-hydrogen) atoms. The molecule has 3 heterocycles. The van der Waals surface area contributed by atoms with Crippen molar-refractivity contribution >= 4 is 28.9 Å². The van der Waals surface area contributed by atoms with E-state index in [-0.39, 0.29) is 12.4 Å². The zero-order chi connectivity index (χ0) is 13.2. The highest BCUT2D eigenvalue weighted by Gasteiger charge is 2.25. The largest absolute Gasteiger partial charge is 0.375 e. The summed E-state index contributed by atoms with van der Waals surface area (Å²) in [6.07, 6.45) is 4.13. The lowest BCUT2D eigenvalue weighted by Gasteiger charge is -2.30. The molecule has 0 amide bonds. The highest BCUT2D eigenvalue weighted by Crippen LogP contribution is 2.27. The van der Waals surface area contributed by atoms with Crippen molar-refractivity contribution in [3.8, 4) is 0 Å². The van der Waals surface area contributed by atoms with Crippen LogP contribution in [0, 0.1) is 6.92 Å². The number of hydrogen-bond acceptors (Lipinski definition) is 7. The van der Waals surface area contributed by atoms with Crippen LogP contribution < -0.4 is 5.73 Å². The summed E-state index contributed by atoms with van der Waals surface area (Å²) in [7, 11) is 0. The molecule has 1 atom stereocenters. The number of nitrogen functional groups attached to an aromatic ring is 1. The van der Waals surface area contributed by atoms with Crippen molar-refractivity contribution in [1.82, 2.24) is 20.0 Å². The van der Waals surface area contributed by atoms with Crippen molar-refractivity contribution in [3.63, 3.8) is 0 Å². The average molecular weight is 316 g/mol. The average Bonchev–Trinajstić information content (AvgIpc) is 2.99. The predicted octanol–water partition coefficient (Wildman–Crippen LogP) is 2.22. The van der Waals surface area contributed by atoms with Gasteiger partial charge in [-0.1, -0.05) is 5.16 Å². The van der Waals surface area contributed by atoms with Gasteiger partial charge in [-0.25, -0.2) is 4.98 Å². The minimum atomic E-state index is 0. The van der Waals surface area contributed by atoms with E-state index in [9.17, 15) is 0 Å². The molecule has 0 radical (unpaired) electrons. The van der Waals surface area contributed by atoms with Gasteiger partial charge in [-0.15, -0.1) is 23.7 Å². The Bertz CT molecular complexity index is 558. The number of rotatable bonds is 3. The Morgan fingerprint density at radius 1 is 1.55 bits per heavy atom. The minimum Gasteiger partial charge on any atom is -0.375 e. The van der Waals surface area contributed by atoms with Crippen LogP contribution in [0.4, 0.5) is 5.13 Å². The number of thiazole rings is 1. The molecule has 6 nitrogen and oxygen atoms in total. The Hall–Kier alpha value is -1.18. The molecule has 0 aromatic carbocycles. The van der Waals surface area contributed by atoms with Gasteiger partial charge in [-0.3, -0.25) is 4.90 Å². The summed E-state index contributed by atoms with van der Waals surface area (Å²) < 4.78 is 5.29. The zero-order valence-corrected chi connectivity index (χ0v) is 12.9. The third-order valence-corrected chi connectivity index (χ3v) is 4.16. The highest BCUT2D eigenvalue weighted by atomic mass is 35.5. The molecular formula is C12H18ClN5OS. The van der Waals surface area contributed by atoms with Crippen molar-refractivity contribution in [2.75, 3.05) is 18.8 Å². The van der Waals surface area contributed by atoms with Crippen molar-refractivity contribution in [2.24, 2.45) is 0 Å². The Kier molecular flexibility index (Phi) is 4.95. The van der Waals surface area contributed by atoms with E-state index in [1.54, 1.807) is 11.3 Å². The molecule has 2 aromatic heterocycles. The van der Waals surface area contributed by atoms with Crippen LogP contribution in [-0.4, -0.2) is 33.1 Å². The van der Waals surface area contributed by atoms with E-state index < -0.39 is 0 Å². The summed E-state index contributed by atoms with van der Waals surface area (Å²) in [6, 6.07) is 0. The van der Waals surface area contributed by atoms with Crippen LogP contribution in [0.25, 0.3) is 0 Å². The van der Waals surface area contributed by atoms with Crippen LogP contribution >= 0.6 is 23.7 Å². The normalized spacial score (nSPS) is 19.8. The van der Waals surface area contributed by atoms with Crippen LogP contribution in [0.1, 0.15) is 35.4 Å². The van der Waals surface area contributed by atoms with E-state index in [0.29, 0.717) is 16.9 Å². The molecule has 1 saturated heterocycles. The first-order chi connectivity index (χ1) is 9.20. The van der Waals surface area contributed by atoms with E-state index >= 15 is 0 Å². The third kappa shape index (κ3) is 3.47. The van der Waals surface area contributed by atoms with Crippen LogP contribution in [0.3, 0.4) is 0 Å². The smallest absolute Gasteiger partial charge is 0.231 e. The van der Waals surface area contributed by atoms with Crippen LogP contribution in [-0.2, 0) is 6.54 Å². The van der Waals surface area contributed by atoms with Gasteiger partial charge in [-0.2, -0.15) is 4.98 Å². The third-order valence-electron chi connectivity index (χ3n) is 3.35. The SMILES string of the molecule is Cc1noc(C2CCCN(Cc3cnc(N)s3)C2)n1.Cl. The molecule has 0 bridgehead atoms. The van der Waals surface area contributed by atoms with Crippen molar-refractivity contribution in [1.29, 1.82) is 0 Å². The standard InChI is InChI=1S/C12H17N5OS.ClH/c1-8-15-11(18-16-8)9-3-2-4-17(6-9)7-10-5-14-12(13)19-10;/h5,9H,2-4,6-7H2,1H3,(H2,13,14);1H. The maximum absolute atomic E-state index is 5.66. The molecule has 1 aliphatic heterocycles. The lowest BCUT2D eigenvalue weighted by atomic mass is 9.98. The molecule has 3 rings (SSSR count). The van der Waals surface area contributed by atoms with Gasteiger partial charge in [0.1, 0.15) is 0 Å². The number of piperidine rings is 1. The summed E-state index contributed by atoms with van der Waals surface area (Å²) in [5, 5.41) is 4.51. The Labute approximate surface area is 127 Å². The molecule has 1 aliphatic rings. The van der Waals surface area contributed by atoms with Gasteiger partial charge in [0.15, 0.2) is 11.0 Å². The Morgan fingerprint density at radius 2 is 2.40 bits per heavy atom. The van der Waals surface area contributed by atoms with E-state index in [4.69, 9.17) is 10.3 Å². The summed E-state index contributed by atoms with van der Waals surface area (Å²) in [4.78, 5) is 12.0. The van der Waals surface area contributed by atoms with Gasteiger partial charge in [-0.05, 0) is 26.3 Å². The first-order valence-electron chi connectivity index (χ1n) is 6.43. The molecule has 2 aromatic rings. The first-order valence-corrected chi connectivity index (χ1v) is 7.25. The second kappa shape index (κ2) is 6.51. The molecule has 0 aliphatic carbocycles. The maximum atomic E-state index is 5.66. The van der Waals surface area contributed by atoms with Crippen LogP contribution in [0.5, 0.6) is 0 Å². The Balaban J connectivity index is 0.00000147. The lowest BCUT2D eigenvalue weighted by molar-refractivity contribution is 0.181. The molecule has 1 fully saturated rings. The van der Waals surface area contributed by atoms with E-state index in [0.717, 1.165) is 38.4 Å². The number of aromatic nitrogens is 3. The number of likely N-dealkylation sites (tertiary alicyclic amines) is 1. The van der Waals surface area contributed by atoms with Crippen molar-refractivity contribution in [2.45, 2.75) is 32.2 Å². The van der Waals surface area contributed by atoms with Gasteiger partial charge in [0.25, 0.3) is 0 Å². The molecular weight excluding hydrogens is 298 g/mol. The van der Waals surface area contributed by atoms with Crippen LogP contribution in [0.15, 0.2) is 10.7 Å². The Morgan fingerprint density at radius 3 is 3.05 bits per heavy atom. The fourth-order valence-corrected chi connectivity index (χ4v) is 3.22. The summed E-state index contributed by atoms with van der Waals surface area (Å²) in [6.45, 7) is 4.81. The topological polar surface area (TPSA) is 81.1 Å². The number of nitrogens with zero attached hydrogens (tertiary/aromatic N) is 4. The maximum Gasteiger partial charge on any atom is 0.231 e. The van der Waals surface area contributed by atoms with Crippen molar-refractivity contribution in [3.05, 3.63) is 22.8 Å². The molecule has 1 unspecified atom stereocenters. The van der Waals surface area contributed by atoms with Crippen LogP contribution in [0.2, 0.25) is 0 Å². The molecule has 0 spiro atoms. The van der Waals surface area contributed by atoms with E-state index in [2.05, 4.69) is 20.0 Å². The zero-order valence-electron chi connectivity index (χ0n) is 11.3. The van der Waals surface area contributed by atoms with Gasteiger partial charge in [0, 0.05) is 24.2 Å². The number of hydrogen-bond donors (Lipinski definition) is 1. The fourth-order valence-electron chi connectivity index (χ4n) is 2.50. The number of halogens is 1. The van der Waals surface area contributed by atoms with Gasteiger partial charge in [0.2, 0.25) is 5.89 Å². The summed E-state index contributed by atoms with van der Waals surface area (Å²) in [5.74, 6) is 1.83. The summed E-state index contributed by atoms with van der Waals surface area (Å²) >= 11 is 1.56. The predicted molar refractivity (Wildman–Crippen MR) is 80.1 cm³/mol. The summed E-state index contributed by atoms with van der Waals surface area (Å²) in [5.41, 5.74) is 5.66. The van der Waals surface area contributed by atoms with Crippen molar-refractivity contribution < 1.29 is 4.52 Å². The first kappa shape index (κ1) is 15.2. The molecule has 2 N–H and O–H groups in total. The highest BCUT2D eigenvalue weighted by molar-refractivity contribution is 7.15. The van der Waals surface area contributed by atoms with Gasteiger partial charge < -0.3 is 10.3 Å². The number of nitrogens with two attached hydrogens (primary N) is 1. The van der Waals surface area contributed by atoms with Gasteiger partial charge in [0.05, 0.1) is 5.92 Å². The van der Waals surface area contributed by atoms with E-state index in [1.165, 1.54) is 4.88 Å². The number of aryl methyl sites for hydroxylation is 1. The fraction of sp³-hybridized carbons (Fsp3) is 0.583. The molecule has 0 saturated carbocycles. The van der Waals surface area contributed by atoms with Gasteiger partial charge >= 0.3 is 0 Å². The monoisotopic (exact) mass is 315 g/mol. The minimum absolute atomic E-state index is 0. The lowest BCUT2D eigenvalue weighted by Crippen LogP contribution is -2.33. The number of anilines is 1. The quantitative estimate of drug-likeness (QED) is 0.935. The molecule has 8 heteroatoms.